The van der Waals surface area contributed by atoms with E-state index in [1.54, 1.807) is 12.2 Å². The van der Waals surface area contributed by atoms with Crippen LogP contribution in [0.2, 0.25) is 0 Å². The highest BCUT2D eigenvalue weighted by atomic mass is 35.5. The van der Waals surface area contributed by atoms with E-state index in [1.807, 2.05) is 0 Å². The number of halogens is 2. The van der Waals surface area contributed by atoms with Gasteiger partial charge in [0.15, 0.2) is 5.75 Å². The Balaban J connectivity index is 2.80. The van der Waals surface area contributed by atoms with Gasteiger partial charge >= 0.3 is 5.69 Å². The maximum absolute atomic E-state index is 12.8. The van der Waals surface area contributed by atoms with Crippen LogP contribution in [0, 0.1) is 15.9 Å². The summed E-state index contributed by atoms with van der Waals surface area (Å²) in [6, 6.07) is 3.06. The van der Waals surface area contributed by atoms with Crippen molar-refractivity contribution in [1.82, 2.24) is 0 Å². The monoisotopic (exact) mass is 245 g/mol. The van der Waals surface area contributed by atoms with Gasteiger partial charge in [0.25, 0.3) is 0 Å². The molecule has 0 saturated carbocycles. The Kier molecular flexibility index (Phi) is 4.72. The van der Waals surface area contributed by atoms with E-state index in [9.17, 15) is 14.5 Å². The molecule has 0 unspecified atom stereocenters. The fourth-order valence-corrected chi connectivity index (χ4v) is 1.15. The fraction of sp³-hybridized carbons (Fsp3) is 0.200. The van der Waals surface area contributed by atoms with Crippen LogP contribution in [0.1, 0.15) is 0 Å². The van der Waals surface area contributed by atoms with Crippen molar-refractivity contribution >= 4 is 17.3 Å². The summed E-state index contributed by atoms with van der Waals surface area (Å²) in [5.41, 5.74) is -0.263. The van der Waals surface area contributed by atoms with Crippen LogP contribution in [0.15, 0.2) is 30.4 Å². The molecule has 0 fully saturated rings. The van der Waals surface area contributed by atoms with Crippen LogP contribution < -0.4 is 4.74 Å². The quantitative estimate of drug-likeness (QED) is 0.347. The number of alkyl halides is 1. The fourth-order valence-electron chi connectivity index (χ4n) is 1.02. The maximum Gasteiger partial charge on any atom is 0.311 e. The minimum absolute atomic E-state index is 0.0933. The van der Waals surface area contributed by atoms with Gasteiger partial charge in [-0.1, -0.05) is 12.2 Å². The molecular weight excluding hydrogens is 237 g/mol. The van der Waals surface area contributed by atoms with Gasteiger partial charge in [-0.05, 0) is 6.07 Å². The number of hydrogen-bond acceptors (Lipinski definition) is 3. The number of ether oxygens (including phenoxy) is 1. The van der Waals surface area contributed by atoms with Crippen molar-refractivity contribution in [2.24, 2.45) is 0 Å². The van der Waals surface area contributed by atoms with Crippen LogP contribution in [0.3, 0.4) is 0 Å². The highest BCUT2D eigenvalue weighted by Gasteiger charge is 2.15. The third kappa shape index (κ3) is 3.51. The Morgan fingerprint density at radius 2 is 2.25 bits per heavy atom. The molecule has 0 N–H and O–H groups in total. The largest absolute Gasteiger partial charge is 0.483 e. The van der Waals surface area contributed by atoms with Gasteiger partial charge in [0.1, 0.15) is 12.4 Å². The first-order valence-corrected chi connectivity index (χ1v) is 4.96. The van der Waals surface area contributed by atoms with E-state index in [-0.39, 0.29) is 18.0 Å². The van der Waals surface area contributed by atoms with Crippen molar-refractivity contribution in [2.75, 3.05) is 12.5 Å². The average Bonchev–Trinajstić information content (AvgIpc) is 2.24. The lowest BCUT2D eigenvalue weighted by Gasteiger charge is -2.03. The summed E-state index contributed by atoms with van der Waals surface area (Å²) in [4.78, 5) is 9.96. The van der Waals surface area contributed by atoms with E-state index >= 15 is 0 Å². The van der Waals surface area contributed by atoms with E-state index < -0.39 is 10.7 Å². The molecule has 0 aliphatic rings. The summed E-state index contributed by atoms with van der Waals surface area (Å²) in [5, 5.41) is 10.6. The standard InChI is InChI=1S/C10H9ClFNO3/c11-5-1-2-6-16-10-7-8(12)3-4-9(10)13(14)15/h1-4,7H,5-6H2. The van der Waals surface area contributed by atoms with Gasteiger partial charge < -0.3 is 4.74 Å². The van der Waals surface area contributed by atoms with Gasteiger partial charge in [-0.15, -0.1) is 11.6 Å². The molecular formula is C10H9ClFNO3. The lowest BCUT2D eigenvalue weighted by molar-refractivity contribution is -0.385. The van der Waals surface area contributed by atoms with E-state index in [0.717, 1.165) is 18.2 Å². The van der Waals surface area contributed by atoms with E-state index in [1.165, 1.54) is 0 Å². The Bertz CT molecular complexity index is 409. The Labute approximate surface area is 96.4 Å². The third-order valence-electron chi connectivity index (χ3n) is 1.71. The van der Waals surface area contributed by atoms with Crippen LogP contribution in [-0.4, -0.2) is 17.4 Å². The lowest BCUT2D eigenvalue weighted by atomic mass is 10.3. The Hall–Kier alpha value is -1.62. The summed E-state index contributed by atoms with van der Waals surface area (Å²) in [6.07, 6.45) is 3.23. The molecule has 0 aromatic heterocycles. The lowest BCUT2D eigenvalue weighted by Crippen LogP contribution is -1.99. The van der Waals surface area contributed by atoms with E-state index in [2.05, 4.69) is 0 Å². The molecule has 1 aromatic carbocycles. The molecule has 0 saturated heterocycles. The SMILES string of the molecule is O=[N+]([O-])c1ccc(F)cc1OCC=CCCl. The third-order valence-corrected chi connectivity index (χ3v) is 1.89. The second-order valence-corrected chi connectivity index (χ2v) is 3.11. The smallest absolute Gasteiger partial charge is 0.311 e. The van der Waals surface area contributed by atoms with Gasteiger partial charge in [-0.2, -0.15) is 0 Å². The summed E-state index contributed by atoms with van der Waals surface area (Å²) in [7, 11) is 0. The van der Waals surface area contributed by atoms with Gasteiger partial charge in [-0.3, -0.25) is 10.1 Å². The molecule has 0 atom stereocenters. The number of nitro benzene ring substituents is 1. The van der Waals surface area contributed by atoms with Crippen LogP contribution in [0.5, 0.6) is 5.75 Å². The van der Waals surface area contributed by atoms with Crippen molar-refractivity contribution in [3.05, 3.63) is 46.3 Å². The van der Waals surface area contributed by atoms with Crippen LogP contribution in [0.4, 0.5) is 10.1 Å². The second-order valence-electron chi connectivity index (χ2n) is 2.81. The van der Waals surface area contributed by atoms with Crippen LogP contribution >= 0.6 is 11.6 Å². The number of rotatable bonds is 5. The molecule has 16 heavy (non-hydrogen) atoms. The maximum atomic E-state index is 12.8. The summed E-state index contributed by atoms with van der Waals surface area (Å²) in [6.45, 7) is 0.108. The molecule has 0 heterocycles. The highest BCUT2D eigenvalue weighted by Crippen LogP contribution is 2.27. The molecule has 0 radical (unpaired) electrons. The first-order valence-electron chi connectivity index (χ1n) is 4.43. The molecule has 6 heteroatoms. The van der Waals surface area contributed by atoms with Gasteiger partial charge in [-0.25, -0.2) is 4.39 Å². The first kappa shape index (κ1) is 12.4. The zero-order valence-corrected chi connectivity index (χ0v) is 8.98. The van der Waals surface area contributed by atoms with Crippen molar-refractivity contribution in [2.45, 2.75) is 0 Å². The van der Waals surface area contributed by atoms with Gasteiger partial charge in [0.05, 0.1) is 4.92 Å². The Morgan fingerprint density at radius 3 is 2.88 bits per heavy atom. The minimum Gasteiger partial charge on any atom is -0.483 e. The molecule has 4 nitrogen and oxygen atoms in total. The molecule has 1 aromatic rings. The molecule has 0 spiro atoms. The second kappa shape index (κ2) is 6.07. The number of nitrogens with zero attached hydrogens (tertiary/aromatic N) is 1. The molecule has 0 bridgehead atoms. The summed E-state index contributed by atoms with van der Waals surface area (Å²) >= 11 is 5.38. The first-order chi connectivity index (χ1) is 7.65. The van der Waals surface area contributed by atoms with Crippen molar-refractivity contribution < 1.29 is 14.1 Å². The molecule has 0 aliphatic carbocycles. The van der Waals surface area contributed by atoms with Crippen LogP contribution in [0.25, 0.3) is 0 Å². The normalized spacial score (nSPS) is 10.6. The summed E-state index contributed by atoms with van der Waals surface area (Å²) in [5.74, 6) is -0.347. The zero-order valence-electron chi connectivity index (χ0n) is 8.23. The number of hydrogen-bond donors (Lipinski definition) is 0. The van der Waals surface area contributed by atoms with Crippen molar-refractivity contribution in [3.63, 3.8) is 0 Å². The molecule has 86 valence electrons. The van der Waals surface area contributed by atoms with Gasteiger partial charge in [0, 0.05) is 18.0 Å². The molecule has 1 rings (SSSR count). The zero-order chi connectivity index (χ0) is 12.0. The predicted octanol–water partition coefficient (Wildman–Crippen LogP) is 2.91. The van der Waals surface area contributed by atoms with Crippen molar-refractivity contribution in [3.8, 4) is 5.75 Å². The van der Waals surface area contributed by atoms with E-state index in [0.29, 0.717) is 5.88 Å². The van der Waals surface area contributed by atoms with E-state index in [4.69, 9.17) is 16.3 Å². The number of allylic oxidation sites excluding steroid dienone is 1. The molecule has 0 aliphatic heterocycles. The number of nitro groups is 1. The van der Waals surface area contributed by atoms with Crippen molar-refractivity contribution in [1.29, 1.82) is 0 Å². The average molecular weight is 246 g/mol. The predicted molar refractivity (Wildman–Crippen MR) is 58.4 cm³/mol. The van der Waals surface area contributed by atoms with Gasteiger partial charge in [0.2, 0.25) is 0 Å². The number of benzene rings is 1. The summed E-state index contributed by atoms with van der Waals surface area (Å²) < 4.78 is 17.9. The van der Waals surface area contributed by atoms with Crippen LogP contribution in [-0.2, 0) is 0 Å². The minimum atomic E-state index is -0.625. The Morgan fingerprint density at radius 1 is 1.50 bits per heavy atom. The molecule has 0 amide bonds. The topological polar surface area (TPSA) is 52.4 Å². The highest BCUT2D eigenvalue weighted by molar-refractivity contribution is 6.18.